The second-order valence-corrected chi connectivity index (χ2v) is 13.3. The number of ether oxygens (including phenoxy) is 3. The number of benzene rings is 1. The van der Waals surface area contributed by atoms with E-state index in [1.807, 2.05) is 0 Å². The summed E-state index contributed by atoms with van der Waals surface area (Å²) < 4.78 is 46.8. The highest BCUT2D eigenvalue weighted by Crippen LogP contribution is 2.45. The maximum Gasteiger partial charge on any atom is 0.319 e. The molecule has 0 aliphatic carbocycles. The van der Waals surface area contributed by atoms with E-state index in [4.69, 9.17) is 18.5 Å². The molecule has 2 aliphatic rings. The lowest BCUT2D eigenvalue weighted by Crippen LogP contribution is -2.75. The van der Waals surface area contributed by atoms with Crippen LogP contribution in [0.3, 0.4) is 0 Å². The molecular weight excluding hydrogens is 610 g/mol. The Morgan fingerprint density at radius 1 is 1.12 bits per heavy atom. The van der Waals surface area contributed by atoms with Crippen molar-refractivity contribution in [2.75, 3.05) is 39.9 Å². The summed E-state index contributed by atoms with van der Waals surface area (Å²) in [4.78, 5) is 69.7. The number of rotatable bonds is 12. The van der Waals surface area contributed by atoms with Crippen LogP contribution in [0.25, 0.3) is 0 Å². The number of carbonyl (C=O) groups is 5. The molecule has 2 fully saturated rings. The number of amides is 2. The number of ketones is 1. The predicted molar refractivity (Wildman–Crippen MR) is 149 cm³/mol. The molecule has 2 saturated heterocycles. The molecule has 2 aliphatic heterocycles. The van der Waals surface area contributed by atoms with Crippen molar-refractivity contribution in [1.82, 2.24) is 9.96 Å². The van der Waals surface area contributed by atoms with Gasteiger partial charge < -0.3 is 23.9 Å². The van der Waals surface area contributed by atoms with Crippen LogP contribution in [0.2, 0.25) is 0 Å². The Bertz CT molecular complexity index is 1390. The molecule has 17 heteroatoms. The molecule has 236 valence electrons. The molecule has 0 bridgehead atoms. The summed E-state index contributed by atoms with van der Waals surface area (Å²) in [6.07, 6.45) is 0. The van der Waals surface area contributed by atoms with Gasteiger partial charge in [0.15, 0.2) is 11.8 Å². The lowest BCUT2D eigenvalue weighted by Gasteiger charge is -2.55. The minimum atomic E-state index is -4.65. The van der Waals surface area contributed by atoms with Gasteiger partial charge >= 0.3 is 28.0 Å². The van der Waals surface area contributed by atoms with E-state index in [1.54, 1.807) is 26.8 Å². The van der Waals surface area contributed by atoms with Crippen LogP contribution in [0.5, 0.6) is 0 Å². The van der Waals surface area contributed by atoms with Crippen molar-refractivity contribution in [2.45, 2.75) is 44.0 Å². The average Bonchev–Trinajstić information content (AvgIpc) is 2.95. The minimum Gasteiger partial charge on any atom is -0.427 e. The van der Waals surface area contributed by atoms with Crippen LogP contribution < -0.4 is 0 Å². The van der Waals surface area contributed by atoms with Gasteiger partial charge in [-0.05, 0) is 32.9 Å². The molecule has 0 spiro atoms. The second kappa shape index (κ2) is 13.4. The van der Waals surface area contributed by atoms with Gasteiger partial charge in [-0.1, -0.05) is 23.4 Å². The number of hydrogen-bond acceptors (Lipinski definition) is 14. The topological polar surface area (TPSA) is 184 Å². The molecule has 43 heavy (non-hydrogen) atoms. The van der Waals surface area contributed by atoms with Crippen LogP contribution in [0.15, 0.2) is 40.4 Å². The standard InChI is InChI=1S/C26H33N3O12S2/c1-16(30)18(27-38-6)20(31)29(41-43(35,36)17-10-8-7-9-11-17)19-21(32)28-12-26(13-37-5,14-42-22(19)28)24(34)40-15-39-23(33)25(2,3)4/h7-11,19,22H,12-15H2,1-6H3/t19?,22-,26?/m1/s1. The van der Waals surface area contributed by atoms with E-state index in [9.17, 15) is 32.4 Å². The molecule has 1 aromatic rings. The third-order valence-electron chi connectivity index (χ3n) is 6.34. The smallest absolute Gasteiger partial charge is 0.319 e. The first-order chi connectivity index (χ1) is 20.1. The highest BCUT2D eigenvalue weighted by Gasteiger charge is 2.61. The highest BCUT2D eigenvalue weighted by molar-refractivity contribution is 8.00. The number of thioether (sulfide) groups is 1. The lowest BCUT2D eigenvalue weighted by atomic mass is 9.88. The number of oxime groups is 1. The normalized spacial score (nSPS) is 22.1. The summed E-state index contributed by atoms with van der Waals surface area (Å²) in [5.74, 6) is -4.33. The largest absolute Gasteiger partial charge is 0.427 e. The maximum atomic E-state index is 13.5. The van der Waals surface area contributed by atoms with E-state index in [-0.39, 0.29) is 23.8 Å². The Hall–Kier alpha value is -3.54. The van der Waals surface area contributed by atoms with Crippen molar-refractivity contribution < 1.29 is 55.7 Å². The van der Waals surface area contributed by atoms with E-state index in [0.29, 0.717) is 5.06 Å². The fourth-order valence-corrected chi connectivity index (χ4v) is 6.63. The Kier molecular flexibility index (Phi) is 10.6. The summed E-state index contributed by atoms with van der Waals surface area (Å²) in [6, 6.07) is 5.37. The fraction of sp³-hybridized carbons (Fsp3) is 0.538. The van der Waals surface area contributed by atoms with Crippen molar-refractivity contribution in [3.05, 3.63) is 30.3 Å². The first-order valence-corrected chi connectivity index (χ1v) is 15.3. The van der Waals surface area contributed by atoms with Gasteiger partial charge in [-0.2, -0.15) is 13.5 Å². The SMILES string of the molecule is COCC1(C(=O)OCOC(=O)C(C)(C)C)CS[C@@H]2C(N(OS(=O)(=O)c3ccccc3)C(=O)C(=NOC)C(C)=O)C(=O)N2C1. The zero-order chi connectivity index (χ0) is 32.2. The van der Waals surface area contributed by atoms with Gasteiger partial charge in [0.1, 0.15) is 17.9 Å². The van der Waals surface area contributed by atoms with E-state index < -0.39 is 74.4 Å². The molecule has 0 aromatic heterocycles. The first-order valence-electron chi connectivity index (χ1n) is 12.8. The average molecular weight is 644 g/mol. The number of carbonyl (C=O) groups excluding carboxylic acids is 5. The molecule has 2 heterocycles. The van der Waals surface area contributed by atoms with E-state index in [0.717, 1.165) is 25.8 Å². The Morgan fingerprint density at radius 2 is 1.77 bits per heavy atom. The Balaban J connectivity index is 1.87. The molecular formula is C26H33N3O12S2. The molecule has 0 radical (unpaired) electrons. The first kappa shape index (κ1) is 34.0. The van der Waals surface area contributed by atoms with Gasteiger partial charge in [0.05, 0.1) is 16.9 Å². The third-order valence-corrected chi connectivity index (χ3v) is 9.12. The zero-order valence-corrected chi connectivity index (χ0v) is 26.1. The van der Waals surface area contributed by atoms with Gasteiger partial charge in [0.25, 0.3) is 5.91 Å². The summed E-state index contributed by atoms with van der Waals surface area (Å²) in [5.41, 5.74) is -3.00. The summed E-state index contributed by atoms with van der Waals surface area (Å²) in [6.45, 7) is 4.88. The third kappa shape index (κ3) is 7.34. The van der Waals surface area contributed by atoms with Gasteiger partial charge in [-0.3, -0.25) is 24.0 Å². The lowest BCUT2D eigenvalue weighted by molar-refractivity contribution is -0.193. The van der Waals surface area contributed by atoms with Gasteiger partial charge in [-0.15, -0.1) is 16.0 Å². The van der Waals surface area contributed by atoms with Crippen LogP contribution in [0.1, 0.15) is 27.7 Å². The highest BCUT2D eigenvalue weighted by atomic mass is 32.2. The molecule has 0 N–H and O–H groups in total. The van der Waals surface area contributed by atoms with Crippen LogP contribution in [0.4, 0.5) is 0 Å². The predicted octanol–water partition coefficient (Wildman–Crippen LogP) is 0.733. The molecule has 15 nitrogen and oxygen atoms in total. The van der Waals surface area contributed by atoms with Crippen LogP contribution >= 0.6 is 11.8 Å². The molecule has 3 rings (SSSR count). The van der Waals surface area contributed by atoms with Gasteiger partial charge in [0.2, 0.25) is 12.5 Å². The van der Waals surface area contributed by atoms with Gasteiger partial charge in [-0.25, -0.2) is 0 Å². The number of esters is 2. The van der Waals surface area contributed by atoms with Gasteiger partial charge in [0, 0.05) is 26.3 Å². The Labute approximate surface area is 252 Å². The molecule has 1 aromatic carbocycles. The number of β-lactam (4-membered cyclic amide) rings is 1. The van der Waals surface area contributed by atoms with Crippen molar-refractivity contribution in [2.24, 2.45) is 16.0 Å². The summed E-state index contributed by atoms with van der Waals surface area (Å²) >= 11 is 1.04. The molecule has 2 unspecified atom stereocenters. The minimum absolute atomic E-state index is 0.0109. The van der Waals surface area contributed by atoms with Crippen LogP contribution in [0, 0.1) is 10.8 Å². The second-order valence-electron chi connectivity index (χ2n) is 10.7. The van der Waals surface area contributed by atoms with E-state index in [2.05, 4.69) is 9.99 Å². The summed E-state index contributed by atoms with van der Waals surface area (Å²) in [5, 5.41) is 2.82. The van der Waals surface area contributed by atoms with Crippen molar-refractivity contribution in [3.8, 4) is 0 Å². The fourth-order valence-electron chi connectivity index (χ4n) is 4.13. The monoisotopic (exact) mass is 643 g/mol. The number of Topliss-reactive ketones (excluding diaryl/α,β-unsaturated/α-hetero) is 1. The van der Waals surface area contributed by atoms with Crippen molar-refractivity contribution in [1.29, 1.82) is 0 Å². The number of fused-ring (bicyclic) bond motifs is 1. The van der Waals surface area contributed by atoms with Crippen LogP contribution in [-0.2, 0) is 57.4 Å². The van der Waals surface area contributed by atoms with Crippen molar-refractivity contribution >= 4 is 57.1 Å². The number of hydroxylamine groups is 2. The number of hydrogen-bond donors (Lipinski definition) is 0. The molecule has 3 atom stereocenters. The quantitative estimate of drug-likeness (QED) is 0.0776. The van der Waals surface area contributed by atoms with E-state index >= 15 is 0 Å². The summed E-state index contributed by atoms with van der Waals surface area (Å²) in [7, 11) is -2.22. The van der Waals surface area contributed by atoms with Crippen LogP contribution in [-0.4, -0.2) is 105 Å². The number of methoxy groups -OCH3 is 1. The molecule has 2 amide bonds. The Morgan fingerprint density at radius 3 is 2.33 bits per heavy atom. The van der Waals surface area contributed by atoms with E-state index in [1.165, 1.54) is 36.3 Å². The molecule has 0 saturated carbocycles. The zero-order valence-electron chi connectivity index (χ0n) is 24.4. The van der Waals surface area contributed by atoms with Crippen molar-refractivity contribution in [3.63, 3.8) is 0 Å². The maximum absolute atomic E-state index is 13.5. The number of nitrogens with zero attached hydrogens (tertiary/aromatic N) is 3.